The Morgan fingerprint density at radius 1 is 1.15 bits per heavy atom. The molecule has 1 aromatic rings. The molecule has 150 valence electrons. The number of unbranched alkanes of at least 4 members (excludes halogenated alkanes) is 1. The first-order chi connectivity index (χ1) is 13.3. The number of ether oxygens (including phenoxy) is 2. The molecule has 27 heavy (non-hydrogen) atoms. The van der Waals surface area contributed by atoms with E-state index in [9.17, 15) is 4.79 Å². The molecule has 1 saturated carbocycles. The summed E-state index contributed by atoms with van der Waals surface area (Å²) >= 11 is 0. The number of carbonyl (C=O) groups is 1. The fraction of sp³-hybridized carbons (Fsp3) is 0.682. The molecule has 0 bridgehead atoms. The highest BCUT2D eigenvalue weighted by atomic mass is 16.6. The fourth-order valence-corrected chi connectivity index (χ4v) is 4.17. The lowest BCUT2D eigenvalue weighted by Crippen LogP contribution is -2.49. The van der Waals surface area contributed by atoms with Gasteiger partial charge >= 0.3 is 6.09 Å². The summed E-state index contributed by atoms with van der Waals surface area (Å²) in [5.41, 5.74) is 0.722. The van der Waals surface area contributed by atoms with Crippen molar-refractivity contribution in [2.24, 2.45) is 0 Å². The Hall–Kier alpha value is -1.75. The monoisotopic (exact) mass is 374 g/mol. The normalized spacial score (nSPS) is 23.6. The van der Waals surface area contributed by atoms with Crippen LogP contribution in [0.15, 0.2) is 24.3 Å². The molecule has 2 atom stereocenters. The van der Waals surface area contributed by atoms with Crippen molar-refractivity contribution in [3.63, 3.8) is 0 Å². The highest BCUT2D eigenvalue weighted by Gasteiger charge is 2.33. The van der Waals surface area contributed by atoms with Crippen LogP contribution in [0, 0.1) is 0 Å². The van der Waals surface area contributed by atoms with Gasteiger partial charge in [-0.25, -0.2) is 4.79 Å². The largest absolute Gasteiger partial charge is 0.494 e. The van der Waals surface area contributed by atoms with Gasteiger partial charge in [0.15, 0.2) is 0 Å². The zero-order valence-electron chi connectivity index (χ0n) is 16.6. The Bertz CT molecular complexity index is 587. The van der Waals surface area contributed by atoms with Crippen LogP contribution in [0.3, 0.4) is 0 Å². The number of benzene rings is 1. The number of anilines is 1. The second-order valence-corrected chi connectivity index (χ2v) is 7.75. The lowest BCUT2D eigenvalue weighted by Gasteiger charge is -2.41. The number of rotatable bonds is 7. The molecule has 0 unspecified atom stereocenters. The summed E-state index contributed by atoms with van der Waals surface area (Å²) in [6.07, 6.45) is 10.1. The summed E-state index contributed by atoms with van der Waals surface area (Å²) < 4.78 is 11.6. The van der Waals surface area contributed by atoms with Crippen molar-refractivity contribution in [3.05, 3.63) is 24.3 Å². The lowest BCUT2D eigenvalue weighted by atomic mass is 9.90. The van der Waals surface area contributed by atoms with Gasteiger partial charge in [0.25, 0.3) is 0 Å². The van der Waals surface area contributed by atoms with Crippen molar-refractivity contribution in [2.75, 3.05) is 25.0 Å². The van der Waals surface area contributed by atoms with Gasteiger partial charge in [-0.3, -0.25) is 10.2 Å². The minimum Gasteiger partial charge on any atom is -0.494 e. The molecule has 0 spiro atoms. The van der Waals surface area contributed by atoms with Crippen molar-refractivity contribution in [2.45, 2.75) is 76.9 Å². The summed E-state index contributed by atoms with van der Waals surface area (Å²) in [7, 11) is 0. The van der Waals surface area contributed by atoms with Gasteiger partial charge in [0, 0.05) is 17.8 Å². The Labute approximate surface area is 163 Å². The van der Waals surface area contributed by atoms with Gasteiger partial charge in [0.1, 0.15) is 11.9 Å². The Balaban J connectivity index is 1.53. The predicted molar refractivity (Wildman–Crippen MR) is 108 cm³/mol. The molecule has 2 aliphatic rings. The number of hydrogen-bond acceptors (Lipinski definition) is 4. The number of carbonyl (C=O) groups excluding carboxylic acids is 1. The van der Waals surface area contributed by atoms with Gasteiger partial charge in [-0.2, -0.15) is 0 Å². The SMILES string of the molecule is CCCCOc1cccc(NC(=O)O[C@@H]2CCCC[C@H]2N2CCCCC2)c1. The van der Waals surface area contributed by atoms with Crippen LogP contribution >= 0.6 is 0 Å². The Morgan fingerprint density at radius 3 is 2.78 bits per heavy atom. The average Bonchev–Trinajstić information content (AvgIpc) is 2.69. The van der Waals surface area contributed by atoms with Crippen LogP contribution in [-0.2, 0) is 4.74 Å². The molecular weight excluding hydrogens is 340 g/mol. The van der Waals surface area contributed by atoms with Gasteiger partial charge in [-0.1, -0.05) is 32.3 Å². The van der Waals surface area contributed by atoms with E-state index in [1.165, 1.54) is 25.7 Å². The van der Waals surface area contributed by atoms with E-state index in [2.05, 4.69) is 17.1 Å². The van der Waals surface area contributed by atoms with E-state index in [4.69, 9.17) is 9.47 Å². The molecule has 1 aliphatic carbocycles. The second kappa shape index (κ2) is 10.5. The zero-order valence-corrected chi connectivity index (χ0v) is 16.6. The Kier molecular flexibility index (Phi) is 7.81. The number of amides is 1. The maximum absolute atomic E-state index is 12.5. The zero-order chi connectivity index (χ0) is 18.9. The molecule has 1 amide bonds. The van der Waals surface area contributed by atoms with Crippen molar-refractivity contribution in [3.8, 4) is 5.75 Å². The summed E-state index contributed by atoms with van der Waals surface area (Å²) in [5.74, 6) is 0.783. The Morgan fingerprint density at radius 2 is 1.96 bits per heavy atom. The number of nitrogens with zero attached hydrogens (tertiary/aromatic N) is 1. The van der Waals surface area contributed by atoms with E-state index >= 15 is 0 Å². The highest BCUT2D eigenvalue weighted by molar-refractivity contribution is 5.85. The second-order valence-electron chi connectivity index (χ2n) is 7.75. The van der Waals surface area contributed by atoms with Crippen molar-refractivity contribution in [1.82, 2.24) is 4.90 Å². The van der Waals surface area contributed by atoms with E-state index in [1.807, 2.05) is 24.3 Å². The predicted octanol–water partition coefficient (Wildman–Crippen LogP) is 5.21. The summed E-state index contributed by atoms with van der Waals surface area (Å²) in [6, 6.07) is 7.93. The third-order valence-electron chi connectivity index (χ3n) is 5.63. The standard InChI is InChI=1S/C22H34N2O3/c1-2-3-16-26-19-11-9-10-18(17-19)23-22(25)27-21-13-6-5-12-20(21)24-14-7-4-8-15-24/h9-11,17,20-21H,2-8,12-16H2,1H3,(H,23,25)/t20-,21-/m1/s1. The van der Waals surface area contributed by atoms with Gasteiger partial charge in [-0.15, -0.1) is 0 Å². The fourth-order valence-electron chi connectivity index (χ4n) is 4.17. The quantitative estimate of drug-likeness (QED) is 0.666. The third kappa shape index (κ3) is 6.13. The molecule has 0 aromatic heterocycles. The van der Waals surface area contributed by atoms with E-state index in [0.717, 1.165) is 56.6 Å². The summed E-state index contributed by atoms with van der Waals surface area (Å²) in [4.78, 5) is 15.0. The van der Waals surface area contributed by atoms with Gasteiger partial charge in [0.2, 0.25) is 0 Å². The molecule has 1 aromatic carbocycles. The van der Waals surface area contributed by atoms with Crippen LogP contribution in [0.25, 0.3) is 0 Å². The van der Waals surface area contributed by atoms with Crippen LogP contribution in [0.5, 0.6) is 5.75 Å². The van der Waals surface area contributed by atoms with E-state index < -0.39 is 0 Å². The first-order valence-electron chi connectivity index (χ1n) is 10.7. The molecule has 5 nitrogen and oxygen atoms in total. The molecule has 0 radical (unpaired) electrons. The van der Waals surface area contributed by atoms with E-state index in [1.54, 1.807) is 0 Å². The summed E-state index contributed by atoms with van der Waals surface area (Å²) in [5, 5.41) is 2.88. The molecule has 1 aliphatic heterocycles. The average molecular weight is 375 g/mol. The van der Waals surface area contributed by atoms with Crippen molar-refractivity contribution < 1.29 is 14.3 Å². The summed E-state index contributed by atoms with van der Waals surface area (Å²) in [6.45, 7) is 5.12. The maximum Gasteiger partial charge on any atom is 0.411 e. The van der Waals surface area contributed by atoms with Crippen molar-refractivity contribution in [1.29, 1.82) is 0 Å². The molecule has 5 heteroatoms. The van der Waals surface area contributed by atoms with Crippen molar-refractivity contribution >= 4 is 11.8 Å². The van der Waals surface area contributed by atoms with Gasteiger partial charge < -0.3 is 9.47 Å². The molecule has 1 heterocycles. The molecule has 3 rings (SSSR count). The topological polar surface area (TPSA) is 50.8 Å². The maximum atomic E-state index is 12.5. The molecule has 2 fully saturated rings. The first kappa shape index (κ1) is 20.0. The number of nitrogens with one attached hydrogen (secondary N) is 1. The van der Waals surface area contributed by atoms with Gasteiger partial charge in [-0.05, 0) is 63.7 Å². The first-order valence-corrected chi connectivity index (χ1v) is 10.7. The van der Waals surface area contributed by atoms with Crippen LogP contribution < -0.4 is 10.1 Å². The molecule has 1 N–H and O–H groups in total. The number of likely N-dealkylation sites (tertiary alicyclic amines) is 1. The lowest BCUT2D eigenvalue weighted by molar-refractivity contribution is 0.00174. The minimum absolute atomic E-state index is 0.000775. The number of piperidine rings is 1. The van der Waals surface area contributed by atoms with Crippen LogP contribution in [0.2, 0.25) is 0 Å². The smallest absolute Gasteiger partial charge is 0.411 e. The van der Waals surface area contributed by atoms with E-state index in [-0.39, 0.29) is 12.2 Å². The van der Waals surface area contributed by atoms with Crippen LogP contribution in [-0.4, -0.2) is 42.8 Å². The van der Waals surface area contributed by atoms with E-state index in [0.29, 0.717) is 12.6 Å². The molecule has 1 saturated heterocycles. The number of hydrogen-bond donors (Lipinski definition) is 1. The molecular formula is C22H34N2O3. The van der Waals surface area contributed by atoms with Gasteiger partial charge in [0.05, 0.1) is 6.61 Å². The minimum atomic E-state index is -0.352. The van der Waals surface area contributed by atoms with Crippen LogP contribution in [0.4, 0.5) is 10.5 Å². The highest BCUT2D eigenvalue weighted by Crippen LogP contribution is 2.28. The third-order valence-corrected chi connectivity index (χ3v) is 5.63. The van der Waals surface area contributed by atoms with Crippen LogP contribution in [0.1, 0.15) is 64.7 Å².